The van der Waals surface area contributed by atoms with Crippen LogP contribution in [0.25, 0.3) is 10.1 Å². The van der Waals surface area contributed by atoms with Crippen LogP contribution in [0.5, 0.6) is 0 Å². The van der Waals surface area contributed by atoms with E-state index >= 15 is 0 Å². The maximum Gasteiger partial charge on any atom is 0.103 e. The van der Waals surface area contributed by atoms with Crippen LogP contribution in [0.15, 0.2) is 29.6 Å². The Morgan fingerprint density at radius 1 is 1.31 bits per heavy atom. The van der Waals surface area contributed by atoms with Crippen molar-refractivity contribution in [2.24, 2.45) is 0 Å². The first kappa shape index (κ1) is 10.3. The molecule has 3 rings (SSSR count). The molecule has 2 aromatic rings. The molecule has 1 aromatic heterocycles. The summed E-state index contributed by atoms with van der Waals surface area (Å²) in [7, 11) is 0. The van der Waals surface area contributed by atoms with Gasteiger partial charge >= 0.3 is 0 Å². The van der Waals surface area contributed by atoms with Gasteiger partial charge in [-0.15, -0.1) is 11.3 Å². The molecule has 2 nitrogen and oxygen atoms in total. The van der Waals surface area contributed by atoms with Crippen molar-refractivity contribution in [3.05, 3.63) is 35.2 Å². The Hall–Kier alpha value is -0.900. The zero-order valence-electron chi connectivity index (χ0n) is 9.07. The maximum absolute atomic E-state index is 10.7. The summed E-state index contributed by atoms with van der Waals surface area (Å²) in [6.45, 7) is 1.69. The minimum atomic E-state index is -0.669. The number of thiophene rings is 1. The molecule has 1 aliphatic heterocycles. The Morgan fingerprint density at radius 3 is 3.00 bits per heavy atom. The fraction of sp³-hybridized carbons (Fsp3) is 0.385. The number of fused-ring (bicyclic) bond motifs is 1. The number of hydrogen-bond donors (Lipinski definition) is 2. The Balaban J connectivity index is 2.11. The second kappa shape index (κ2) is 3.84. The summed E-state index contributed by atoms with van der Waals surface area (Å²) in [6, 6.07) is 8.31. The van der Waals surface area contributed by atoms with Crippen LogP contribution < -0.4 is 5.32 Å². The van der Waals surface area contributed by atoms with E-state index in [4.69, 9.17) is 0 Å². The smallest absolute Gasteiger partial charge is 0.103 e. The predicted molar refractivity (Wildman–Crippen MR) is 67.8 cm³/mol. The highest BCUT2D eigenvalue weighted by atomic mass is 32.1. The van der Waals surface area contributed by atoms with Crippen LogP contribution in [0.4, 0.5) is 0 Å². The predicted octanol–water partition coefficient (Wildman–Crippen LogP) is 2.47. The highest BCUT2D eigenvalue weighted by molar-refractivity contribution is 7.17. The van der Waals surface area contributed by atoms with Crippen LogP contribution in [-0.2, 0) is 5.60 Å². The van der Waals surface area contributed by atoms with Crippen LogP contribution in [0, 0.1) is 0 Å². The molecule has 1 atom stereocenters. The van der Waals surface area contributed by atoms with Gasteiger partial charge in [0.05, 0.1) is 0 Å². The van der Waals surface area contributed by atoms with Crippen molar-refractivity contribution in [1.82, 2.24) is 5.32 Å². The Morgan fingerprint density at radius 2 is 2.19 bits per heavy atom. The van der Waals surface area contributed by atoms with E-state index in [0.717, 1.165) is 24.9 Å². The number of piperidine rings is 1. The van der Waals surface area contributed by atoms with Gasteiger partial charge in [-0.3, -0.25) is 0 Å². The van der Waals surface area contributed by atoms with Crippen LogP contribution in [0.2, 0.25) is 0 Å². The summed E-state index contributed by atoms with van der Waals surface area (Å²) < 4.78 is 1.26. The number of nitrogens with one attached hydrogen (secondary N) is 1. The van der Waals surface area contributed by atoms with Gasteiger partial charge in [0.1, 0.15) is 5.60 Å². The number of rotatable bonds is 1. The number of aliphatic hydroxyl groups is 1. The quantitative estimate of drug-likeness (QED) is 0.793. The van der Waals surface area contributed by atoms with Crippen molar-refractivity contribution in [1.29, 1.82) is 0 Å². The summed E-state index contributed by atoms with van der Waals surface area (Å²) in [4.78, 5) is 0. The fourth-order valence-corrected chi connectivity index (χ4v) is 3.51. The molecule has 84 valence electrons. The van der Waals surface area contributed by atoms with Gasteiger partial charge in [-0.2, -0.15) is 0 Å². The summed E-state index contributed by atoms with van der Waals surface area (Å²) >= 11 is 1.72. The number of hydrogen-bond acceptors (Lipinski definition) is 3. The molecule has 2 heterocycles. The maximum atomic E-state index is 10.7. The van der Waals surface area contributed by atoms with Crippen molar-refractivity contribution in [3.8, 4) is 0 Å². The van der Waals surface area contributed by atoms with E-state index in [1.54, 1.807) is 11.3 Å². The fourth-order valence-electron chi connectivity index (χ4n) is 2.46. The summed E-state index contributed by atoms with van der Waals surface area (Å²) in [6.07, 6.45) is 1.90. The van der Waals surface area contributed by atoms with E-state index in [-0.39, 0.29) is 0 Å². The van der Waals surface area contributed by atoms with Gasteiger partial charge in [0.15, 0.2) is 0 Å². The molecule has 1 fully saturated rings. The van der Waals surface area contributed by atoms with Crippen LogP contribution in [0.3, 0.4) is 0 Å². The normalized spacial score (nSPS) is 26.1. The summed E-state index contributed by atoms with van der Waals surface area (Å²) in [5.41, 5.74) is 0.429. The molecule has 1 unspecified atom stereocenters. The van der Waals surface area contributed by atoms with Crippen molar-refractivity contribution in [2.75, 3.05) is 13.1 Å². The van der Waals surface area contributed by atoms with Gasteiger partial charge in [0, 0.05) is 16.8 Å². The number of β-amino-alcohol motifs (C(OH)–C–C–N with tert-alkyl or cyclic N) is 1. The topological polar surface area (TPSA) is 32.3 Å². The van der Waals surface area contributed by atoms with E-state index in [0.29, 0.717) is 6.54 Å². The zero-order valence-corrected chi connectivity index (χ0v) is 9.89. The van der Waals surface area contributed by atoms with E-state index in [1.165, 1.54) is 10.1 Å². The van der Waals surface area contributed by atoms with Gasteiger partial charge in [-0.05, 0) is 36.2 Å². The monoisotopic (exact) mass is 233 g/mol. The van der Waals surface area contributed by atoms with Gasteiger partial charge in [-0.1, -0.05) is 18.2 Å². The molecule has 0 radical (unpaired) electrons. The standard InChI is InChI=1S/C13H15NOS/c15-13(6-3-7-14-9-13)11-8-16-12-5-2-1-4-10(11)12/h1-2,4-5,8,14-15H,3,6-7,9H2. The Kier molecular flexibility index (Phi) is 2.46. The largest absolute Gasteiger partial charge is 0.384 e. The average Bonchev–Trinajstić information content (AvgIpc) is 2.74. The third-order valence-corrected chi connectivity index (χ3v) is 4.31. The SMILES string of the molecule is OC1(c2csc3ccccc23)CCCNC1. The second-order valence-corrected chi connectivity index (χ2v) is 5.37. The lowest BCUT2D eigenvalue weighted by molar-refractivity contribution is 0.0140. The number of benzene rings is 1. The van der Waals surface area contributed by atoms with Crippen LogP contribution in [0.1, 0.15) is 18.4 Å². The first-order valence-electron chi connectivity index (χ1n) is 5.69. The van der Waals surface area contributed by atoms with Gasteiger partial charge < -0.3 is 10.4 Å². The molecular formula is C13H15NOS. The van der Waals surface area contributed by atoms with Gasteiger partial charge in [0.2, 0.25) is 0 Å². The molecule has 0 spiro atoms. The molecule has 1 saturated heterocycles. The van der Waals surface area contributed by atoms with Crippen molar-refractivity contribution < 1.29 is 5.11 Å². The third kappa shape index (κ3) is 1.56. The highest BCUT2D eigenvalue weighted by Gasteiger charge is 2.33. The average molecular weight is 233 g/mol. The highest BCUT2D eigenvalue weighted by Crippen LogP contribution is 2.36. The van der Waals surface area contributed by atoms with Crippen LogP contribution >= 0.6 is 11.3 Å². The Labute approximate surface area is 98.9 Å². The lowest BCUT2D eigenvalue weighted by atomic mass is 9.86. The molecule has 0 saturated carbocycles. The third-order valence-electron chi connectivity index (χ3n) is 3.34. The van der Waals surface area contributed by atoms with E-state index in [2.05, 4.69) is 22.8 Å². The molecule has 3 heteroatoms. The minimum absolute atomic E-state index is 0.669. The molecule has 2 N–H and O–H groups in total. The molecule has 16 heavy (non-hydrogen) atoms. The van der Waals surface area contributed by atoms with Crippen molar-refractivity contribution in [3.63, 3.8) is 0 Å². The lowest BCUT2D eigenvalue weighted by Crippen LogP contribution is -2.43. The molecule has 0 amide bonds. The molecule has 0 bridgehead atoms. The first-order valence-corrected chi connectivity index (χ1v) is 6.57. The Bertz CT molecular complexity index is 499. The first-order chi connectivity index (χ1) is 7.80. The second-order valence-electron chi connectivity index (χ2n) is 4.46. The van der Waals surface area contributed by atoms with E-state index in [9.17, 15) is 5.11 Å². The van der Waals surface area contributed by atoms with Crippen LogP contribution in [-0.4, -0.2) is 18.2 Å². The lowest BCUT2D eigenvalue weighted by Gasteiger charge is -2.32. The molecule has 0 aliphatic carbocycles. The molecule has 1 aromatic carbocycles. The minimum Gasteiger partial charge on any atom is -0.384 e. The van der Waals surface area contributed by atoms with Crippen molar-refractivity contribution >= 4 is 21.4 Å². The molecular weight excluding hydrogens is 218 g/mol. The van der Waals surface area contributed by atoms with Gasteiger partial charge in [0.25, 0.3) is 0 Å². The summed E-state index contributed by atoms with van der Waals surface area (Å²) in [5.74, 6) is 0. The molecule has 1 aliphatic rings. The van der Waals surface area contributed by atoms with Crippen molar-refractivity contribution in [2.45, 2.75) is 18.4 Å². The summed E-state index contributed by atoms with van der Waals surface area (Å²) in [5, 5.41) is 17.3. The van der Waals surface area contributed by atoms with Gasteiger partial charge in [-0.25, -0.2) is 0 Å². The zero-order chi connectivity index (χ0) is 11.0. The van der Waals surface area contributed by atoms with E-state index in [1.807, 2.05) is 12.1 Å². The van der Waals surface area contributed by atoms with E-state index < -0.39 is 5.60 Å².